The van der Waals surface area contributed by atoms with Crippen LogP contribution in [0.3, 0.4) is 0 Å². The molecule has 10 heteroatoms. The third kappa shape index (κ3) is 5.96. The van der Waals surface area contributed by atoms with Gasteiger partial charge in [0.2, 0.25) is 0 Å². The predicted molar refractivity (Wildman–Crippen MR) is 122 cm³/mol. The fourth-order valence-electron chi connectivity index (χ4n) is 2.71. The van der Waals surface area contributed by atoms with E-state index in [1.165, 1.54) is 12.1 Å². The number of carbonyl (C=O) groups excluding carboxylic acids is 3. The molecule has 0 radical (unpaired) electrons. The first-order chi connectivity index (χ1) is 14.8. The highest BCUT2D eigenvalue weighted by Gasteiger charge is 2.36. The zero-order chi connectivity index (χ0) is 22.5. The van der Waals surface area contributed by atoms with Gasteiger partial charge in [0.1, 0.15) is 24.7 Å². The highest BCUT2D eigenvalue weighted by molar-refractivity contribution is 9.11. The van der Waals surface area contributed by atoms with Gasteiger partial charge in [-0.05, 0) is 92.0 Å². The maximum atomic E-state index is 13.3. The summed E-state index contributed by atoms with van der Waals surface area (Å²) in [6.45, 7) is 1.56. The molecule has 0 spiro atoms. The second-order valence-electron chi connectivity index (χ2n) is 6.31. The molecular formula is C21H16Br2FNO5S. The van der Waals surface area contributed by atoms with Crippen LogP contribution in [-0.2, 0) is 20.9 Å². The zero-order valence-electron chi connectivity index (χ0n) is 16.2. The summed E-state index contributed by atoms with van der Waals surface area (Å²) in [5.41, 5.74) is 1.32. The van der Waals surface area contributed by atoms with E-state index in [9.17, 15) is 18.8 Å². The minimum absolute atomic E-state index is 0.167. The molecule has 1 heterocycles. The Morgan fingerprint density at radius 1 is 1.19 bits per heavy atom. The van der Waals surface area contributed by atoms with Gasteiger partial charge in [0, 0.05) is 0 Å². The number of hydrogen-bond donors (Lipinski definition) is 0. The molecule has 1 saturated heterocycles. The van der Waals surface area contributed by atoms with Gasteiger partial charge in [0.25, 0.3) is 11.1 Å². The van der Waals surface area contributed by atoms with Crippen molar-refractivity contribution in [3.63, 3.8) is 0 Å². The molecule has 0 N–H and O–H groups in total. The van der Waals surface area contributed by atoms with E-state index in [0.717, 1.165) is 16.7 Å². The van der Waals surface area contributed by atoms with Crippen LogP contribution in [0.2, 0.25) is 0 Å². The van der Waals surface area contributed by atoms with Gasteiger partial charge >= 0.3 is 5.97 Å². The highest BCUT2D eigenvalue weighted by atomic mass is 79.9. The lowest BCUT2D eigenvalue weighted by molar-refractivity contribution is -0.145. The number of ether oxygens (including phenoxy) is 2. The highest BCUT2D eigenvalue weighted by Crippen LogP contribution is 2.38. The van der Waals surface area contributed by atoms with Crippen LogP contribution in [0.15, 0.2) is 50.2 Å². The summed E-state index contributed by atoms with van der Waals surface area (Å²) in [6, 6.07) is 9.57. The fourth-order valence-corrected chi connectivity index (χ4v) is 5.00. The van der Waals surface area contributed by atoms with E-state index in [1.54, 1.807) is 37.3 Å². The quantitative estimate of drug-likeness (QED) is 0.321. The predicted octanol–water partition coefficient (Wildman–Crippen LogP) is 5.53. The number of nitrogens with zero attached hydrogens (tertiary/aromatic N) is 1. The van der Waals surface area contributed by atoms with E-state index >= 15 is 0 Å². The van der Waals surface area contributed by atoms with Crippen molar-refractivity contribution in [3.05, 3.63) is 67.2 Å². The summed E-state index contributed by atoms with van der Waals surface area (Å²) in [6.07, 6.45) is 1.56. The van der Waals surface area contributed by atoms with E-state index in [4.69, 9.17) is 9.47 Å². The van der Waals surface area contributed by atoms with Gasteiger partial charge in [0.15, 0.2) is 0 Å². The summed E-state index contributed by atoms with van der Waals surface area (Å²) in [7, 11) is 0. The summed E-state index contributed by atoms with van der Waals surface area (Å²) in [5, 5.41) is -0.530. The van der Waals surface area contributed by atoms with Crippen molar-refractivity contribution in [2.45, 2.75) is 13.5 Å². The molecule has 0 unspecified atom stereocenters. The molecule has 0 bridgehead atoms. The molecule has 1 fully saturated rings. The first-order valence-corrected chi connectivity index (χ1v) is 11.5. The number of esters is 1. The minimum atomic E-state index is -0.642. The second kappa shape index (κ2) is 10.4. The molecular weight excluding hydrogens is 557 g/mol. The number of benzene rings is 2. The third-order valence-corrected chi connectivity index (χ3v) is 6.14. The number of amides is 2. The Balaban J connectivity index is 1.75. The van der Waals surface area contributed by atoms with E-state index in [2.05, 4.69) is 31.9 Å². The van der Waals surface area contributed by atoms with Crippen molar-refractivity contribution in [1.82, 2.24) is 4.90 Å². The lowest BCUT2D eigenvalue weighted by Crippen LogP contribution is -2.34. The monoisotopic (exact) mass is 571 g/mol. The Hall–Kier alpha value is -2.17. The minimum Gasteiger partial charge on any atom is -0.487 e. The lowest BCUT2D eigenvalue weighted by Gasteiger charge is -2.12. The summed E-state index contributed by atoms with van der Waals surface area (Å²) in [4.78, 5) is 37.3. The first-order valence-electron chi connectivity index (χ1n) is 9.05. The molecule has 0 aromatic heterocycles. The molecule has 0 saturated carbocycles. The second-order valence-corrected chi connectivity index (χ2v) is 9.01. The number of carbonyl (C=O) groups is 3. The SMILES string of the molecule is CCOC(=O)CN1C(=O)S/C(=C/c2cc(Br)c(OCc3cccc(F)c3)c(Br)c2)C1=O. The number of imide groups is 1. The van der Waals surface area contributed by atoms with Crippen LogP contribution in [-0.4, -0.2) is 35.2 Å². The number of halogens is 3. The van der Waals surface area contributed by atoms with Crippen LogP contribution in [0, 0.1) is 5.82 Å². The van der Waals surface area contributed by atoms with Crippen molar-refractivity contribution in [2.24, 2.45) is 0 Å². The number of thioether (sulfide) groups is 1. The summed E-state index contributed by atoms with van der Waals surface area (Å²) < 4.78 is 25.1. The summed E-state index contributed by atoms with van der Waals surface area (Å²) >= 11 is 7.63. The van der Waals surface area contributed by atoms with Gasteiger partial charge in [-0.3, -0.25) is 19.3 Å². The third-order valence-electron chi connectivity index (χ3n) is 4.06. The molecule has 1 aliphatic heterocycles. The molecule has 0 aliphatic carbocycles. The van der Waals surface area contributed by atoms with Gasteiger partial charge in [0.05, 0.1) is 20.5 Å². The van der Waals surface area contributed by atoms with Gasteiger partial charge in [-0.2, -0.15) is 0 Å². The Morgan fingerprint density at radius 3 is 2.55 bits per heavy atom. The van der Waals surface area contributed by atoms with Crippen LogP contribution in [0.5, 0.6) is 5.75 Å². The van der Waals surface area contributed by atoms with Gasteiger partial charge in [-0.1, -0.05) is 12.1 Å². The van der Waals surface area contributed by atoms with E-state index in [1.807, 2.05) is 0 Å². The standard InChI is InChI=1S/C21H16Br2FNO5S/c1-2-29-18(26)10-25-20(27)17(31-21(25)28)9-13-7-15(22)19(16(23)8-13)30-11-12-4-3-5-14(24)6-12/h3-9H,2,10-11H2,1H3/b17-9+. The Labute approximate surface area is 199 Å². The zero-order valence-corrected chi connectivity index (χ0v) is 20.2. The molecule has 0 atom stereocenters. The maximum Gasteiger partial charge on any atom is 0.326 e. The van der Waals surface area contributed by atoms with Crippen LogP contribution >= 0.6 is 43.6 Å². The van der Waals surface area contributed by atoms with Crippen LogP contribution in [0.1, 0.15) is 18.1 Å². The normalized spacial score (nSPS) is 15.0. The van der Waals surface area contributed by atoms with Gasteiger partial charge in [-0.25, -0.2) is 4.39 Å². The Kier molecular flexibility index (Phi) is 7.90. The lowest BCUT2D eigenvalue weighted by atomic mass is 10.2. The molecule has 6 nitrogen and oxygen atoms in total. The van der Waals surface area contributed by atoms with E-state index < -0.39 is 23.7 Å². The van der Waals surface area contributed by atoms with E-state index in [0.29, 0.717) is 25.8 Å². The molecule has 162 valence electrons. The molecule has 2 aromatic rings. The van der Waals surface area contributed by atoms with Crippen molar-refractivity contribution in [3.8, 4) is 5.75 Å². The number of rotatable bonds is 7. The van der Waals surface area contributed by atoms with Crippen LogP contribution in [0.4, 0.5) is 9.18 Å². The molecule has 3 rings (SSSR count). The molecule has 31 heavy (non-hydrogen) atoms. The van der Waals surface area contributed by atoms with E-state index in [-0.39, 0.29) is 23.9 Å². The molecule has 2 aromatic carbocycles. The largest absolute Gasteiger partial charge is 0.487 e. The van der Waals surface area contributed by atoms with Crippen molar-refractivity contribution in [2.75, 3.05) is 13.2 Å². The maximum absolute atomic E-state index is 13.3. The van der Waals surface area contributed by atoms with Crippen LogP contribution in [0.25, 0.3) is 6.08 Å². The Morgan fingerprint density at radius 2 is 1.90 bits per heavy atom. The first kappa shape index (κ1) is 23.5. The smallest absolute Gasteiger partial charge is 0.326 e. The summed E-state index contributed by atoms with van der Waals surface area (Å²) in [5.74, 6) is -1.03. The van der Waals surface area contributed by atoms with Crippen molar-refractivity contribution >= 4 is 66.8 Å². The van der Waals surface area contributed by atoms with Crippen molar-refractivity contribution < 1.29 is 28.2 Å². The van der Waals surface area contributed by atoms with Gasteiger partial charge in [-0.15, -0.1) is 0 Å². The average molecular weight is 573 g/mol. The van der Waals surface area contributed by atoms with Crippen molar-refractivity contribution in [1.29, 1.82) is 0 Å². The topological polar surface area (TPSA) is 72.9 Å². The molecule has 1 aliphatic rings. The Bertz CT molecular complexity index is 1050. The van der Waals surface area contributed by atoms with Gasteiger partial charge < -0.3 is 9.47 Å². The fraction of sp³-hybridized carbons (Fsp3) is 0.190. The molecule has 2 amide bonds. The van der Waals surface area contributed by atoms with Crippen LogP contribution < -0.4 is 4.74 Å². The average Bonchev–Trinajstić information content (AvgIpc) is 2.95. The number of hydrogen-bond acceptors (Lipinski definition) is 6.